The van der Waals surface area contributed by atoms with Crippen LogP contribution in [0.25, 0.3) is 0 Å². The van der Waals surface area contributed by atoms with Gasteiger partial charge in [0.25, 0.3) is 0 Å². The molecule has 1 atom stereocenters. The number of carbonyl (C=O) groups excluding carboxylic acids is 1. The van der Waals surface area contributed by atoms with E-state index in [0.29, 0.717) is 22.1 Å². The van der Waals surface area contributed by atoms with Crippen LogP contribution in [0, 0.1) is 13.8 Å². The molecule has 1 N–H and O–H groups in total. The molecule has 0 spiro atoms. The number of nitrogens with zero attached hydrogens (tertiary/aromatic N) is 1. The Bertz CT molecular complexity index is 940. The van der Waals surface area contributed by atoms with Gasteiger partial charge in [0.05, 0.1) is 24.1 Å². The number of anilines is 2. The molecule has 2 rings (SSSR count). The molecule has 0 fully saturated rings. The van der Waals surface area contributed by atoms with Gasteiger partial charge >= 0.3 is 0 Å². The number of benzene rings is 2. The second kappa shape index (κ2) is 8.19. The number of halogens is 1. The van der Waals surface area contributed by atoms with Gasteiger partial charge in [-0.3, -0.25) is 9.10 Å². The van der Waals surface area contributed by atoms with E-state index in [-0.39, 0.29) is 0 Å². The standard InChI is InChI=1S/C19H23ClN2O4S/c1-12-8-13(2)10-16(9-12)22(27(5,24)25)14(3)19(23)21-15-6-7-18(26-4)17(20)11-15/h6-11,14H,1-5H3,(H,21,23)/t14-/m0/s1. The molecule has 2 aromatic rings. The van der Waals surface area contributed by atoms with Gasteiger partial charge in [-0.1, -0.05) is 17.7 Å². The molecule has 0 bridgehead atoms. The second-order valence-corrected chi connectivity index (χ2v) is 8.69. The molecule has 0 saturated carbocycles. The molecular formula is C19H23ClN2O4S. The maximum atomic E-state index is 12.7. The van der Waals surface area contributed by atoms with E-state index in [1.54, 1.807) is 37.3 Å². The van der Waals surface area contributed by atoms with E-state index in [2.05, 4.69) is 5.32 Å². The van der Waals surface area contributed by atoms with E-state index in [4.69, 9.17) is 16.3 Å². The minimum Gasteiger partial charge on any atom is -0.495 e. The number of nitrogens with one attached hydrogen (secondary N) is 1. The lowest BCUT2D eigenvalue weighted by molar-refractivity contribution is -0.116. The van der Waals surface area contributed by atoms with Crippen molar-refractivity contribution in [3.05, 3.63) is 52.5 Å². The van der Waals surface area contributed by atoms with Crippen molar-refractivity contribution in [2.45, 2.75) is 26.8 Å². The van der Waals surface area contributed by atoms with Gasteiger partial charge in [-0.2, -0.15) is 0 Å². The summed E-state index contributed by atoms with van der Waals surface area (Å²) in [5.41, 5.74) is 2.72. The zero-order valence-electron chi connectivity index (χ0n) is 15.9. The third-order valence-corrected chi connectivity index (χ3v) is 5.51. The topological polar surface area (TPSA) is 75.7 Å². The molecule has 27 heavy (non-hydrogen) atoms. The summed E-state index contributed by atoms with van der Waals surface area (Å²) in [6, 6.07) is 9.27. The Labute approximate surface area is 165 Å². The van der Waals surface area contributed by atoms with Gasteiger partial charge in [0.15, 0.2) is 0 Å². The molecule has 0 heterocycles. The van der Waals surface area contributed by atoms with Crippen LogP contribution >= 0.6 is 11.6 Å². The summed E-state index contributed by atoms with van der Waals surface area (Å²) in [5, 5.41) is 3.04. The van der Waals surface area contributed by atoms with E-state index in [9.17, 15) is 13.2 Å². The molecule has 0 aliphatic heterocycles. The Morgan fingerprint density at radius 1 is 1.15 bits per heavy atom. The molecule has 0 aromatic heterocycles. The Morgan fingerprint density at radius 3 is 2.22 bits per heavy atom. The molecule has 1 amide bonds. The lowest BCUT2D eigenvalue weighted by Crippen LogP contribution is -2.45. The molecule has 0 unspecified atom stereocenters. The van der Waals surface area contributed by atoms with Crippen LogP contribution in [0.15, 0.2) is 36.4 Å². The number of rotatable bonds is 6. The Balaban J connectivity index is 2.33. The van der Waals surface area contributed by atoms with Gasteiger partial charge in [0, 0.05) is 5.69 Å². The lowest BCUT2D eigenvalue weighted by atomic mass is 10.1. The smallest absolute Gasteiger partial charge is 0.247 e. The number of sulfonamides is 1. The molecule has 0 aliphatic rings. The van der Waals surface area contributed by atoms with E-state index in [0.717, 1.165) is 21.7 Å². The number of hydrogen-bond acceptors (Lipinski definition) is 4. The summed E-state index contributed by atoms with van der Waals surface area (Å²) in [5.74, 6) is 0.0107. The Morgan fingerprint density at radius 2 is 1.74 bits per heavy atom. The van der Waals surface area contributed by atoms with Crippen molar-refractivity contribution in [2.24, 2.45) is 0 Å². The van der Waals surface area contributed by atoms with Crippen LogP contribution in [0.4, 0.5) is 11.4 Å². The van der Waals surface area contributed by atoms with Crippen molar-refractivity contribution in [1.29, 1.82) is 0 Å². The predicted octanol–water partition coefficient (Wildman–Crippen LogP) is 3.76. The predicted molar refractivity (Wildman–Crippen MR) is 109 cm³/mol. The zero-order chi connectivity index (χ0) is 20.4. The normalized spacial score (nSPS) is 12.4. The Hall–Kier alpha value is -2.25. The molecule has 6 nitrogen and oxygen atoms in total. The number of methoxy groups -OCH3 is 1. The van der Waals surface area contributed by atoms with E-state index < -0.39 is 22.0 Å². The van der Waals surface area contributed by atoms with Gasteiger partial charge in [-0.05, 0) is 62.2 Å². The van der Waals surface area contributed by atoms with Crippen molar-refractivity contribution in [2.75, 3.05) is 23.0 Å². The molecular weight excluding hydrogens is 388 g/mol. The molecule has 146 valence electrons. The SMILES string of the molecule is COc1ccc(NC(=O)[C@H](C)N(c2cc(C)cc(C)c2)S(C)(=O)=O)cc1Cl. The van der Waals surface area contributed by atoms with Crippen LogP contribution < -0.4 is 14.4 Å². The van der Waals surface area contributed by atoms with Crippen LogP contribution in [0.1, 0.15) is 18.1 Å². The third-order valence-electron chi connectivity index (χ3n) is 3.97. The van der Waals surface area contributed by atoms with Crippen LogP contribution in [-0.4, -0.2) is 33.7 Å². The highest BCUT2D eigenvalue weighted by atomic mass is 35.5. The molecule has 8 heteroatoms. The zero-order valence-corrected chi connectivity index (χ0v) is 17.5. The average Bonchev–Trinajstić information content (AvgIpc) is 2.52. The Kier molecular flexibility index (Phi) is 6.38. The molecule has 0 aliphatic carbocycles. The quantitative estimate of drug-likeness (QED) is 0.786. The van der Waals surface area contributed by atoms with Gasteiger partial charge in [-0.25, -0.2) is 8.42 Å². The monoisotopic (exact) mass is 410 g/mol. The summed E-state index contributed by atoms with van der Waals surface area (Å²) >= 11 is 6.08. The fourth-order valence-corrected chi connectivity index (χ4v) is 4.29. The molecule has 0 saturated heterocycles. The summed E-state index contributed by atoms with van der Waals surface area (Å²) < 4.78 is 31.0. The fraction of sp³-hybridized carbons (Fsp3) is 0.316. The van der Waals surface area contributed by atoms with E-state index >= 15 is 0 Å². The lowest BCUT2D eigenvalue weighted by Gasteiger charge is -2.28. The van der Waals surface area contributed by atoms with Crippen molar-refractivity contribution in [3.8, 4) is 5.75 Å². The van der Waals surface area contributed by atoms with Gasteiger partial charge in [0.2, 0.25) is 15.9 Å². The van der Waals surface area contributed by atoms with E-state index in [1.165, 1.54) is 7.11 Å². The van der Waals surface area contributed by atoms with Crippen molar-refractivity contribution in [3.63, 3.8) is 0 Å². The van der Waals surface area contributed by atoms with Gasteiger partial charge in [-0.15, -0.1) is 0 Å². The minimum atomic E-state index is -3.68. The molecule has 2 aromatic carbocycles. The first-order chi connectivity index (χ1) is 12.5. The minimum absolute atomic E-state index is 0.345. The number of aryl methyl sites for hydroxylation is 2. The first-order valence-corrected chi connectivity index (χ1v) is 10.5. The third kappa shape index (κ3) is 5.14. The summed E-state index contributed by atoms with van der Waals surface area (Å²) in [7, 11) is -2.19. The highest BCUT2D eigenvalue weighted by molar-refractivity contribution is 7.92. The molecule has 0 radical (unpaired) electrons. The average molecular weight is 411 g/mol. The highest BCUT2D eigenvalue weighted by Gasteiger charge is 2.29. The number of amides is 1. The largest absolute Gasteiger partial charge is 0.495 e. The first kappa shape index (κ1) is 21.1. The maximum absolute atomic E-state index is 12.7. The van der Waals surface area contributed by atoms with Crippen LogP contribution in [0.2, 0.25) is 5.02 Å². The van der Waals surface area contributed by atoms with Crippen LogP contribution in [0.3, 0.4) is 0 Å². The van der Waals surface area contributed by atoms with Gasteiger partial charge < -0.3 is 10.1 Å². The van der Waals surface area contributed by atoms with Gasteiger partial charge in [0.1, 0.15) is 11.8 Å². The van der Waals surface area contributed by atoms with Crippen LogP contribution in [-0.2, 0) is 14.8 Å². The highest BCUT2D eigenvalue weighted by Crippen LogP contribution is 2.28. The van der Waals surface area contributed by atoms with Crippen molar-refractivity contribution in [1.82, 2.24) is 0 Å². The summed E-state index contributed by atoms with van der Waals surface area (Å²) in [4.78, 5) is 12.7. The van der Waals surface area contributed by atoms with Crippen molar-refractivity contribution < 1.29 is 17.9 Å². The maximum Gasteiger partial charge on any atom is 0.247 e. The fourth-order valence-electron chi connectivity index (χ4n) is 2.88. The first-order valence-electron chi connectivity index (χ1n) is 8.25. The number of carbonyl (C=O) groups is 1. The second-order valence-electron chi connectivity index (χ2n) is 6.42. The summed E-state index contributed by atoms with van der Waals surface area (Å²) in [6.45, 7) is 5.29. The summed E-state index contributed by atoms with van der Waals surface area (Å²) in [6.07, 6.45) is 1.08. The van der Waals surface area contributed by atoms with Crippen molar-refractivity contribution >= 4 is 38.9 Å². The van der Waals surface area contributed by atoms with E-state index in [1.807, 2.05) is 19.9 Å². The van der Waals surface area contributed by atoms with Crippen LogP contribution in [0.5, 0.6) is 5.75 Å². The number of ether oxygens (including phenoxy) is 1. The number of hydrogen-bond donors (Lipinski definition) is 1.